The molecule has 0 aromatic rings. The summed E-state index contributed by atoms with van der Waals surface area (Å²) in [5.41, 5.74) is 0. The standard InChI is InChI=1S/C14H24N2O2/c1-10(11-4-2-3-5-11)15-13(17)8-6-12-7-9-14(18)16-12/h10-12H,2-9H2,1H3,(H,15,17)(H,16,18). The molecule has 1 aliphatic heterocycles. The Morgan fingerprint density at radius 3 is 2.72 bits per heavy atom. The zero-order valence-corrected chi connectivity index (χ0v) is 11.2. The molecular weight excluding hydrogens is 228 g/mol. The van der Waals surface area contributed by atoms with Gasteiger partial charge in [-0.15, -0.1) is 0 Å². The van der Waals surface area contributed by atoms with Gasteiger partial charge in [-0.05, 0) is 38.5 Å². The predicted octanol–water partition coefficient (Wildman–Crippen LogP) is 1.74. The molecule has 2 rings (SSSR count). The van der Waals surface area contributed by atoms with Gasteiger partial charge in [-0.3, -0.25) is 9.59 Å². The maximum Gasteiger partial charge on any atom is 0.220 e. The van der Waals surface area contributed by atoms with Crippen molar-refractivity contribution < 1.29 is 9.59 Å². The third kappa shape index (κ3) is 3.72. The van der Waals surface area contributed by atoms with E-state index in [9.17, 15) is 9.59 Å². The molecule has 102 valence electrons. The van der Waals surface area contributed by atoms with Crippen molar-refractivity contribution in [3.8, 4) is 0 Å². The summed E-state index contributed by atoms with van der Waals surface area (Å²) >= 11 is 0. The summed E-state index contributed by atoms with van der Waals surface area (Å²) in [6, 6.07) is 0.517. The average Bonchev–Trinajstić information content (AvgIpc) is 2.97. The van der Waals surface area contributed by atoms with E-state index in [0.29, 0.717) is 24.8 Å². The summed E-state index contributed by atoms with van der Waals surface area (Å²) in [6.45, 7) is 2.12. The molecule has 1 heterocycles. The first-order chi connectivity index (χ1) is 8.65. The molecular formula is C14H24N2O2. The third-order valence-corrected chi connectivity index (χ3v) is 4.30. The zero-order chi connectivity index (χ0) is 13.0. The molecule has 2 unspecified atom stereocenters. The van der Waals surface area contributed by atoms with Gasteiger partial charge in [0.2, 0.25) is 11.8 Å². The van der Waals surface area contributed by atoms with Gasteiger partial charge in [-0.2, -0.15) is 0 Å². The van der Waals surface area contributed by atoms with Gasteiger partial charge in [-0.25, -0.2) is 0 Å². The molecule has 1 saturated carbocycles. The zero-order valence-electron chi connectivity index (χ0n) is 11.2. The molecule has 0 bridgehead atoms. The highest BCUT2D eigenvalue weighted by atomic mass is 16.2. The maximum atomic E-state index is 11.8. The van der Waals surface area contributed by atoms with Crippen molar-refractivity contribution in [2.24, 2.45) is 5.92 Å². The van der Waals surface area contributed by atoms with Gasteiger partial charge in [0.05, 0.1) is 0 Å². The molecule has 0 radical (unpaired) electrons. The van der Waals surface area contributed by atoms with Gasteiger partial charge in [0, 0.05) is 24.9 Å². The Hall–Kier alpha value is -1.06. The molecule has 2 aliphatic rings. The summed E-state index contributed by atoms with van der Waals surface area (Å²) in [7, 11) is 0. The Bertz CT molecular complexity index is 311. The van der Waals surface area contributed by atoms with Crippen molar-refractivity contribution in [1.29, 1.82) is 0 Å². The minimum absolute atomic E-state index is 0.125. The largest absolute Gasteiger partial charge is 0.353 e. The van der Waals surface area contributed by atoms with E-state index in [0.717, 1.165) is 12.8 Å². The molecule has 4 heteroatoms. The lowest BCUT2D eigenvalue weighted by atomic mass is 9.99. The Labute approximate surface area is 109 Å². The minimum Gasteiger partial charge on any atom is -0.353 e. The van der Waals surface area contributed by atoms with Crippen molar-refractivity contribution in [2.75, 3.05) is 0 Å². The summed E-state index contributed by atoms with van der Waals surface area (Å²) in [4.78, 5) is 22.9. The number of amides is 2. The summed E-state index contributed by atoms with van der Waals surface area (Å²) in [6.07, 6.45) is 7.91. The highest BCUT2D eigenvalue weighted by molar-refractivity contribution is 5.79. The number of nitrogens with one attached hydrogen (secondary N) is 2. The Balaban J connectivity index is 1.63. The molecule has 1 aliphatic carbocycles. The van der Waals surface area contributed by atoms with Crippen LogP contribution >= 0.6 is 0 Å². The van der Waals surface area contributed by atoms with Crippen LogP contribution in [0.1, 0.15) is 58.3 Å². The van der Waals surface area contributed by atoms with Crippen LogP contribution in [0.3, 0.4) is 0 Å². The van der Waals surface area contributed by atoms with Crippen LogP contribution in [-0.4, -0.2) is 23.9 Å². The molecule has 2 N–H and O–H groups in total. The third-order valence-electron chi connectivity index (χ3n) is 4.30. The van der Waals surface area contributed by atoms with Crippen LogP contribution in [0.2, 0.25) is 0 Å². The monoisotopic (exact) mass is 252 g/mol. The molecule has 18 heavy (non-hydrogen) atoms. The van der Waals surface area contributed by atoms with Crippen LogP contribution in [0.25, 0.3) is 0 Å². The van der Waals surface area contributed by atoms with Gasteiger partial charge in [0.15, 0.2) is 0 Å². The van der Waals surface area contributed by atoms with Crippen LogP contribution in [-0.2, 0) is 9.59 Å². The van der Waals surface area contributed by atoms with E-state index in [4.69, 9.17) is 0 Å². The Kier molecular flexibility index (Phi) is 4.61. The second-order valence-corrected chi connectivity index (χ2v) is 5.74. The Morgan fingerprint density at radius 1 is 1.39 bits per heavy atom. The smallest absolute Gasteiger partial charge is 0.220 e. The molecule has 0 spiro atoms. The lowest BCUT2D eigenvalue weighted by Crippen LogP contribution is -2.38. The van der Waals surface area contributed by atoms with E-state index in [2.05, 4.69) is 17.6 Å². The molecule has 4 nitrogen and oxygen atoms in total. The summed E-state index contributed by atoms with van der Waals surface area (Å²) in [5, 5.41) is 6.00. The molecule has 2 fully saturated rings. The number of hydrogen-bond donors (Lipinski definition) is 2. The van der Waals surface area contributed by atoms with E-state index in [-0.39, 0.29) is 17.9 Å². The highest BCUT2D eigenvalue weighted by Gasteiger charge is 2.24. The Morgan fingerprint density at radius 2 is 2.11 bits per heavy atom. The van der Waals surface area contributed by atoms with Crippen molar-refractivity contribution in [2.45, 2.75) is 70.4 Å². The first kappa shape index (κ1) is 13.4. The summed E-state index contributed by atoms with van der Waals surface area (Å²) < 4.78 is 0. The normalized spacial score (nSPS) is 26.1. The van der Waals surface area contributed by atoms with Crippen molar-refractivity contribution in [3.63, 3.8) is 0 Å². The average molecular weight is 252 g/mol. The van der Waals surface area contributed by atoms with Gasteiger partial charge in [-0.1, -0.05) is 12.8 Å². The molecule has 2 amide bonds. The lowest BCUT2D eigenvalue weighted by molar-refractivity contribution is -0.123. The predicted molar refractivity (Wildman–Crippen MR) is 70.0 cm³/mol. The maximum absolute atomic E-state index is 11.8. The van der Waals surface area contributed by atoms with Crippen LogP contribution < -0.4 is 10.6 Å². The van der Waals surface area contributed by atoms with E-state index < -0.39 is 0 Å². The first-order valence-corrected chi connectivity index (χ1v) is 7.24. The number of rotatable bonds is 5. The molecule has 1 saturated heterocycles. The second kappa shape index (κ2) is 6.21. The SMILES string of the molecule is CC(NC(=O)CCC1CCC(=O)N1)C1CCCC1. The topological polar surface area (TPSA) is 58.2 Å². The molecule has 0 aromatic carbocycles. The fraction of sp³-hybridized carbons (Fsp3) is 0.857. The lowest BCUT2D eigenvalue weighted by Gasteiger charge is -2.20. The quantitative estimate of drug-likeness (QED) is 0.783. The summed E-state index contributed by atoms with van der Waals surface area (Å²) in [5.74, 6) is 0.926. The van der Waals surface area contributed by atoms with E-state index in [1.165, 1.54) is 25.7 Å². The fourth-order valence-corrected chi connectivity index (χ4v) is 3.10. The van der Waals surface area contributed by atoms with Crippen LogP contribution in [0, 0.1) is 5.92 Å². The van der Waals surface area contributed by atoms with E-state index in [1.807, 2.05) is 0 Å². The van der Waals surface area contributed by atoms with Crippen LogP contribution in [0.4, 0.5) is 0 Å². The number of carbonyl (C=O) groups is 2. The van der Waals surface area contributed by atoms with Crippen LogP contribution in [0.5, 0.6) is 0 Å². The van der Waals surface area contributed by atoms with Crippen LogP contribution in [0.15, 0.2) is 0 Å². The highest BCUT2D eigenvalue weighted by Crippen LogP contribution is 2.27. The van der Waals surface area contributed by atoms with Crippen molar-refractivity contribution in [3.05, 3.63) is 0 Å². The first-order valence-electron chi connectivity index (χ1n) is 7.24. The number of hydrogen-bond acceptors (Lipinski definition) is 2. The second-order valence-electron chi connectivity index (χ2n) is 5.74. The van der Waals surface area contributed by atoms with E-state index >= 15 is 0 Å². The fourth-order valence-electron chi connectivity index (χ4n) is 3.10. The minimum atomic E-state index is 0.125. The van der Waals surface area contributed by atoms with Gasteiger partial charge in [0.25, 0.3) is 0 Å². The molecule has 2 atom stereocenters. The van der Waals surface area contributed by atoms with Gasteiger partial charge in [0.1, 0.15) is 0 Å². The van der Waals surface area contributed by atoms with Gasteiger partial charge >= 0.3 is 0 Å². The molecule has 0 aromatic heterocycles. The van der Waals surface area contributed by atoms with Gasteiger partial charge < -0.3 is 10.6 Å². The van der Waals surface area contributed by atoms with Crippen molar-refractivity contribution in [1.82, 2.24) is 10.6 Å². The van der Waals surface area contributed by atoms with E-state index in [1.54, 1.807) is 0 Å². The number of carbonyl (C=O) groups excluding carboxylic acids is 2. The van der Waals surface area contributed by atoms with Crippen molar-refractivity contribution >= 4 is 11.8 Å².